The highest BCUT2D eigenvalue weighted by atomic mass is 35.5. The van der Waals surface area contributed by atoms with Crippen LogP contribution in [-0.4, -0.2) is 27.4 Å². The number of benzene rings is 3. The summed E-state index contributed by atoms with van der Waals surface area (Å²) in [4.78, 5) is 12.7. The van der Waals surface area contributed by atoms with Gasteiger partial charge in [0.1, 0.15) is 6.54 Å². The fourth-order valence-electron chi connectivity index (χ4n) is 2.97. The maximum absolute atomic E-state index is 13.3. The second-order valence-corrected chi connectivity index (χ2v) is 9.13. The molecule has 0 saturated heterocycles. The lowest BCUT2D eigenvalue weighted by Crippen LogP contribution is -2.41. The number of aryl methyl sites for hydroxylation is 1. The minimum Gasteiger partial charge on any atom is -0.354 e. The molecule has 0 atom stereocenters. The predicted molar refractivity (Wildman–Crippen MR) is 120 cm³/mol. The van der Waals surface area contributed by atoms with Gasteiger partial charge in [0.15, 0.2) is 0 Å². The van der Waals surface area contributed by atoms with Gasteiger partial charge < -0.3 is 5.32 Å². The molecule has 0 radical (unpaired) electrons. The van der Waals surface area contributed by atoms with Gasteiger partial charge in [-0.25, -0.2) is 8.42 Å². The van der Waals surface area contributed by atoms with Crippen molar-refractivity contribution in [1.82, 2.24) is 5.32 Å². The van der Waals surface area contributed by atoms with Crippen molar-refractivity contribution in [3.63, 3.8) is 0 Å². The van der Waals surface area contributed by atoms with Crippen LogP contribution < -0.4 is 9.62 Å². The molecule has 5 nitrogen and oxygen atoms in total. The normalized spacial score (nSPS) is 11.1. The zero-order valence-corrected chi connectivity index (χ0v) is 18.2. The number of sulfonamides is 1. The Morgan fingerprint density at radius 1 is 0.933 bits per heavy atom. The first kappa shape index (κ1) is 21.9. The first-order valence-corrected chi connectivity index (χ1v) is 11.3. The van der Waals surface area contributed by atoms with Gasteiger partial charge in [0.25, 0.3) is 10.0 Å². The van der Waals surface area contributed by atoms with Crippen molar-refractivity contribution in [1.29, 1.82) is 0 Å². The van der Waals surface area contributed by atoms with Gasteiger partial charge in [-0.3, -0.25) is 9.10 Å². The third kappa shape index (κ3) is 5.40. The first-order valence-electron chi connectivity index (χ1n) is 9.52. The summed E-state index contributed by atoms with van der Waals surface area (Å²) in [5.41, 5.74) is 2.29. The summed E-state index contributed by atoms with van der Waals surface area (Å²) in [7, 11) is -3.98. The number of rotatable bonds is 8. The Labute approximate surface area is 182 Å². The number of hydrogen-bond donors (Lipinski definition) is 1. The zero-order chi connectivity index (χ0) is 21.6. The number of anilines is 1. The predicted octanol–water partition coefficient (Wildman–Crippen LogP) is 4.20. The van der Waals surface area contributed by atoms with Crippen molar-refractivity contribution < 1.29 is 13.2 Å². The summed E-state index contributed by atoms with van der Waals surface area (Å²) in [6, 6.07) is 22.8. The molecule has 7 heteroatoms. The van der Waals surface area contributed by atoms with Crippen LogP contribution in [0.15, 0.2) is 83.8 Å². The molecule has 0 fully saturated rings. The number of para-hydroxylation sites is 1. The van der Waals surface area contributed by atoms with Gasteiger partial charge in [-0.1, -0.05) is 71.8 Å². The van der Waals surface area contributed by atoms with E-state index < -0.39 is 15.9 Å². The van der Waals surface area contributed by atoms with E-state index in [1.165, 1.54) is 12.1 Å². The van der Waals surface area contributed by atoms with Crippen LogP contribution in [-0.2, 0) is 21.2 Å². The van der Waals surface area contributed by atoms with E-state index >= 15 is 0 Å². The van der Waals surface area contributed by atoms with Gasteiger partial charge in [-0.2, -0.15) is 0 Å². The van der Waals surface area contributed by atoms with Gasteiger partial charge in [-0.15, -0.1) is 0 Å². The lowest BCUT2D eigenvalue weighted by molar-refractivity contribution is -0.119. The van der Waals surface area contributed by atoms with E-state index in [4.69, 9.17) is 11.6 Å². The Morgan fingerprint density at radius 3 is 2.23 bits per heavy atom. The molecule has 1 amide bonds. The minimum atomic E-state index is -3.98. The van der Waals surface area contributed by atoms with Crippen LogP contribution in [0.4, 0.5) is 5.69 Å². The number of halogens is 1. The van der Waals surface area contributed by atoms with Crippen LogP contribution >= 0.6 is 11.6 Å². The summed E-state index contributed by atoms with van der Waals surface area (Å²) in [6.45, 7) is 1.92. The monoisotopic (exact) mass is 442 g/mol. The van der Waals surface area contributed by atoms with Crippen molar-refractivity contribution in [3.8, 4) is 0 Å². The average molecular weight is 443 g/mol. The Hall–Kier alpha value is -2.83. The van der Waals surface area contributed by atoms with E-state index in [2.05, 4.69) is 5.32 Å². The molecule has 156 valence electrons. The quantitative estimate of drug-likeness (QED) is 0.568. The van der Waals surface area contributed by atoms with Crippen LogP contribution in [0.5, 0.6) is 0 Å². The van der Waals surface area contributed by atoms with E-state index in [9.17, 15) is 13.2 Å². The Kier molecular flexibility index (Phi) is 7.13. The second-order valence-electron chi connectivity index (χ2n) is 6.86. The van der Waals surface area contributed by atoms with Crippen LogP contribution in [0.3, 0.4) is 0 Å². The van der Waals surface area contributed by atoms with E-state index in [-0.39, 0.29) is 22.2 Å². The maximum atomic E-state index is 13.3. The third-order valence-corrected chi connectivity index (χ3v) is 6.69. The molecule has 0 aliphatic carbocycles. The maximum Gasteiger partial charge on any atom is 0.264 e. The molecule has 3 aromatic rings. The van der Waals surface area contributed by atoms with Gasteiger partial charge in [-0.05, 0) is 43.2 Å². The van der Waals surface area contributed by atoms with Gasteiger partial charge in [0.2, 0.25) is 5.91 Å². The average Bonchev–Trinajstić information content (AvgIpc) is 2.74. The third-order valence-electron chi connectivity index (χ3n) is 4.60. The number of nitrogens with zero attached hydrogens (tertiary/aromatic N) is 1. The van der Waals surface area contributed by atoms with Crippen molar-refractivity contribution >= 4 is 33.2 Å². The van der Waals surface area contributed by atoms with Gasteiger partial charge >= 0.3 is 0 Å². The van der Waals surface area contributed by atoms with Crippen LogP contribution in [0.2, 0.25) is 5.02 Å². The van der Waals surface area contributed by atoms with Crippen LogP contribution in [0.1, 0.15) is 11.1 Å². The van der Waals surface area contributed by atoms with Gasteiger partial charge in [0, 0.05) is 6.54 Å². The van der Waals surface area contributed by atoms with Crippen molar-refractivity contribution in [3.05, 3.63) is 95.0 Å². The largest absolute Gasteiger partial charge is 0.354 e. The second kappa shape index (κ2) is 9.78. The molecule has 0 saturated carbocycles. The highest BCUT2D eigenvalue weighted by Crippen LogP contribution is 2.30. The molecular weight excluding hydrogens is 420 g/mol. The molecule has 3 aromatic carbocycles. The lowest BCUT2D eigenvalue weighted by Gasteiger charge is -2.25. The summed E-state index contributed by atoms with van der Waals surface area (Å²) in [5.74, 6) is -0.401. The topological polar surface area (TPSA) is 66.5 Å². The van der Waals surface area contributed by atoms with Crippen molar-refractivity contribution in [2.45, 2.75) is 18.2 Å². The standard InChI is InChI=1S/C23H23ClN2O3S/c1-18-11-13-20(14-12-18)30(28,29)26(22-10-6-5-9-21(22)24)17-23(27)25-16-15-19-7-3-2-4-8-19/h2-14H,15-17H2,1H3,(H,25,27). The Balaban J connectivity index is 1.80. The smallest absolute Gasteiger partial charge is 0.264 e. The van der Waals surface area contributed by atoms with E-state index in [1.54, 1.807) is 36.4 Å². The molecule has 0 unspecified atom stereocenters. The first-order chi connectivity index (χ1) is 14.4. The highest BCUT2D eigenvalue weighted by molar-refractivity contribution is 7.92. The van der Waals surface area contributed by atoms with E-state index in [0.717, 1.165) is 15.4 Å². The SMILES string of the molecule is Cc1ccc(S(=O)(=O)N(CC(=O)NCCc2ccccc2)c2ccccc2Cl)cc1. The fraction of sp³-hybridized carbons (Fsp3) is 0.174. The van der Waals surface area contributed by atoms with Crippen LogP contribution in [0.25, 0.3) is 0 Å². The van der Waals surface area contributed by atoms with Crippen molar-refractivity contribution in [2.24, 2.45) is 0 Å². The van der Waals surface area contributed by atoms with Crippen LogP contribution in [0, 0.1) is 6.92 Å². The highest BCUT2D eigenvalue weighted by Gasteiger charge is 2.28. The summed E-state index contributed by atoms with van der Waals surface area (Å²) in [6.07, 6.45) is 0.656. The molecule has 0 spiro atoms. The summed E-state index contributed by atoms with van der Waals surface area (Å²) in [5, 5.41) is 3.05. The summed E-state index contributed by atoms with van der Waals surface area (Å²) >= 11 is 6.27. The molecular formula is C23H23ClN2O3S. The number of carbonyl (C=O) groups excluding carboxylic acids is 1. The number of amides is 1. The number of nitrogens with one attached hydrogen (secondary N) is 1. The molecule has 0 heterocycles. The number of hydrogen-bond acceptors (Lipinski definition) is 3. The zero-order valence-electron chi connectivity index (χ0n) is 16.6. The van der Waals surface area contributed by atoms with E-state index in [1.807, 2.05) is 37.3 Å². The molecule has 0 aliphatic heterocycles. The minimum absolute atomic E-state index is 0.102. The number of carbonyl (C=O) groups is 1. The van der Waals surface area contributed by atoms with Gasteiger partial charge in [0.05, 0.1) is 15.6 Å². The van der Waals surface area contributed by atoms with Crippen molar-refractivity contribution in [2.75, 3.05) is 17.4 Å². The molecule has 1 N–H and O–H groups in total. The molecule has 0 aliphatic rings. The van der Waals surface area contributed by atoms with E-state index in [0.29, 0.717) is 13.0 Å². The lowest BCUT2D eigenvalue weighted by atomic mass is 10.1. The molecule has 0 aromatic heterocycles. The Bertz CT molecular complexity index is 1100. The molecule has 3 rings (SSSR count). The Morgan fingerprint density at radius 2 is 1.57 bits per heavy atom. The molecule has 30 heavy (non-hydrogen) atoms. The molecule has 0 bridgehead atoms. The summed E-state index contributed by atoms with van der Waals surface area (Å²) < 4.78 is 27.7. The fourth-order valence-corrected chi connectivity index (χ4v) is 4.70.